The van der Waals surface area contributed by atoms with Gasteiger partial charge in [-0.2, -0.15) is 0 Å². The van der Waals surface area contributed by atoms with E-state index in [4.69, 9.17) is 5.14 Å². The molecule has 8 heteroatoms. The molecule has 0 saturated heterocycles. The molecule has 0 atom stereocenters. The van der Waals surface area contributed by atoms with Crippen LogP contribution in [0.15, 0.2) is 4.21 Å². The van der Waals surface area contributed by atoms with Gasteiger partial charge in [0.1, 0.15) is 0 Å². The number of carbonyl (C=O) groups is 1. The van der Waals surface area contributed by atoms with Crippen molar-refractivity contribution in [1.29, 1.82) is 0 Å². The number of nitrogens with zero attached hydrogens (tertiary/aromatic N) is 1. The van der Waals surface area contributed by atoms with Crippen LogP contribution >= 0.6 is 11.3 Å². The van der Waals surface area contributed by atoms with E-state index in [1.165, 1.54) is 12.8 Å². The molecule has 0 spiro atoms. The number of unbranched alkanes of at least 4 members (excludes halogenated alkanes) is 4. The minimum atomic E-state index is -3.77. The SMILES string of the molecule is CCCCCCCC(=O)Nc1nc(C)c(S(N)(=O)=O)s1. The van der Waals surface area contributed by atoms with Crippen LogP contribution in [0.2, 0.25) is 0 Å². The lowest BCUT2D eigenvalue weighted by Crippen LogP contribution is -2.11. The summed E-state index contributed by atoms with van der Waals surface area (Å²) in [6.45, 7) is 3.69. The monoisotopic (exact) mass is 319 g/mol. The third-order valence-electron chi connectivity index (χ3n) is 2.77. The van der Waals surface area contributed by atoms with Gasteiger partial charge in [-0.15, -0.1) is 0 Å². The second-order valence-corrected chi connectivity index (χ2v) is 7.41. The molecule has 0 bridgehead atoms. The van der Waals surface area contributed by atoms with E-state index in [-0.39, 0.29) is 15.2 Å². The number of thiazole rings is 1. The first-order valence-electron chi connectivity index (χ1n) is 6.64. The number of anilines is 1. The standard InChI is InChI=1S/C12H21N3O3S2/c1-3-4-5-6-7-8-10(16)15-12-14-9(2)11(19-12)20(13,17)18/h3-8H2,1-2H3,(H2,13,17,18)(H,14,15,16). The number of rotatable bonds is 8. The summed E-state index contributed by atoms with van der Waals surface area (Å²) in [7, 11) is -3.77. The molecule has 3 N–H and O–H groups in total. The number of aromatic nitrogens is 1. The second kappa shape index (κ2) is 7.70. The van der Waals surface area contributed by atoms with Crippen LogP contribution in [0.5, 0.6) is 0 Å². The highest BCUT2D eigenvalue weighted by molar-refractivity contribution is 7.91. The van der Waals surface area contributed by atoms with Gasteiger partial charge in [0, 0.05) is 6.42 Å². The maximum Gasteiger partial charge on any atom is 0.249 e. The zero-order valence-corrected chi connectivity index (χ0v) is 13.4. The van der Waals surface area contributed by atoms with Crippen molar-refractivity contribution in [2.45, 2.75) is 56.6 Å². The highest BCUT2D eigenvalue weighted by Crippen LogP contribution is 2.26. The molecule has 20 heavy (non-hydrogen) atoms. The average molecular weight is 319 g/mol. The summed E-state index contributed by atoms with van der Waals surface area (Å²) in [5.74, 6) is -0.142. The van der Waals surface area contributed by atoms with Gasteiger partial charge >= 0.3 is 0 Å². The normalized spacial score (nSPS) is 11.6. The van der Waals surface area contributed by atoms with Crippen LogP contribution in [0.25, 0.3) is 0 Å². The zero-order chi connectivity index (χ0) is 15.2. The smallest absolute Gasteiger partial charge is 0.249 e. The molecule has 1 aromatic rings. The molecule has 0 aliphatic carbocycles. The van der Waals surface area contributed by atoms with Gasteiger partial charge in [-0.1, -0.05) is 43.9 Å². The van der Waals surface area contributed by atoms with Gasteiger partial charge in [0.05, 0.1) is 5.69 Å². The first-order valence-corrected chi connectivity index (χ1v) is 9.01. The quantitative estimate of drug-likeness (QED) is 0.718. The van der Waals surface area contributed by atoms with E-state index in [9.17, 15) is 13.2 Å². The van der Waals surface area contributed by atoms with E-state index in [0.29, 0.717) is 12.1 Å². The van der Waals surface area contributed by atoms with Crippen molar-refractivity contribution < 1.29 is 13.2 Å². The predicted octanol–water partition coefficient (Wildman–Crippen LogP) is 2.40. The van der Waals surface area contributed by atoms with Gasteiger partial charge < -0.3 is 5.32 Å². The van der Waals surface area contributed by atoms with Crippen LogP contribution in [0.4, 0.5) is 5.13 Å². The lowest BCUT2D eigenvalue weighted by Gasteiger charge is -2.01. The minimum Gasteiger partial charge on any atom is -0.302 e. The average Bonchev–Trinajstić information content (AvgIpc) is 2.69. The Hall–Kier alpha value is -0.990. The molecule has 1 aromatic heterocycles. The Morgan fingerprint density at radius 1 is 1.30 bits per heavy atom. The molecule has 0 aliphatic heterocycles. The van der Waals surface area contributed by atoms with E-state index in [2.05, 4.69) is 17.2 Å². The lowest BCUT2D eigenvalue weighted by atomic mass is 10.1. The van der Waals surface area contributed by atoms with E-state index in [1.54, 1.807) is 6.92 Å². The van der Waals surface area contributed by atoms with Crippen molar-refractivity contribution in [2.24, 2.45) is 5.14 Å². The number of primary sulfonamides is 1. The van der Waals surface area contributed by atoms with Gasteiger partial charge in [-0.3, -0.25) is 4.79 Å². The molecule has 1 rings (SSSR count). The van der Waals surface area contributed by atoms with Crippen molar-refractivity contribution in [3.8, 4) is 0 Å². The van der Waals surface area contributed by atoms with E-state index in [1.807, 2.05) is 0 Å². The molecule has 0 aromatic carbocycles. The van der Waals surface area contributed by atoms with E-state index >= 15 is 0 Å². The number of nitrogens with two attached hydrogens (primary N) is 1. The van der Waals surface area contributed by atoms with Crippen LogP contribution in [0.1, 0.15) is 51.1 Å². The number of amides is 1. The number of hydrogen-bond donors (Lipinski definition) is 2. The summed E-state index contributed by atoms with van der Waals surface area (Å²) in [6.07, 6.45) is 5.77. The number of sulfonamides is 1. The summed E-state index contributed by atoms with van der Waals surface area (Å²) >= 11 is 0.886. The van der Waals surface area contributed by atoms with Crippen LogP contribution in [0.3, 0.4) is 0 Å². The number of nitrogens with one attached hydrogen (secondary N) is 1. The van der Waals surface area contributed by atoms with Crippen molar-refractivity contribution in [3.63, 3.8) is 0 Å². The van der Waals surface area contributed by atoms with Crippen LogP contribution < -0.4 is 10.5 Å². The van der Waals surface area contributed by atoms with Crippen LogP contribution in [-0.4, -0.2) is 19.3 Å². The first kappa shape index (κ1) is 17.1. The topological polar surface area (TPSA) is 102 Å². The Morgan fingerprint density at radius 2 is 1.95 bits per heavy atom. The van der Waals surface area contributed by atoms with Gasteiger partial charge in [-0.25, -0.2) is 18.5 Å². The first-order chi connectivity index (χ1) is 9.34. The summed E-state index contributed by atoms with van der Waals surface area (Å²) in [4.78, 5) is 15.7. The van der Waals surface area contributed by atoms with Crippen LogP contribution in [-0.2, 0) is 14.8 Å². The molecule has 114 valence electrons. The summed E-state index contributed by atoms with van der Waals surface area (Å²) in [5.41, 5.74) is 0.316. The largest absolute Gasteiger partial charge is 0.302 e. The predicted molar refractivity (Wildman–Crippen MR) is 80.2 cm³/mol. The second-order valence-electron chi connectivity index (χ2n) is 4.65. The summed E-state index contributed by atoms with van der Waals surface area (Å²) in [5, 5.41) is 7.96. The molecule has 0 aliphatic rings. The van der Waals surface area contributed by atoms with Crippen molar-refractivity contribution in [3.05, 3.63) is 5.69 Å². The van der Waals surface area contributed by atoms with Crippen molar-refractivity contribution >= 4 is 32.4 Å². The zero-order valence-electron chi connectivity index (χ0n) is 11.8. The third-order valence-corrected chi connectivity index (χ3v) is 5.39. The molecule has 0 radical (unpaired) electrons. The Kier molecular flexibility index (Phi) is 6.57. The third kappa shape index (κ3) is 5.56. The molecular formula is C12H21N3O3S2. The van der Waals surface area contributed by atoms with Crippen molar-refractivity contribution in [2.75, 3.05) is 5.32 Å². The highest BCUT2D eigenvalue weighted by Gasteiger charge is 2.18. The molecule has 0 saturated carbocycles. The Balaban J connectivity index is 2.47. The van der Waals surface area contributed by atoms with E-state index in [0.717, 1.165) is 30.6 Å². The number of aryl methyl sites for hydroxylation is 1. The highest BCUT2D eigenvalue weighted by atomic mass is 32.2. The molecular weight excluding hydrogens is 298 g/mol. The lowest BCUT2D eigenvalue weighted by molar-refractivity contribution is -0.116. The van der Waals surface area contributed by atoms with Gasteiger partial charge in [0.15, 0.2) is 9.34 Å². The van der Waals surface area contributed by atoms with Gasteiger partial charge in [-0.05, 0) is 13.3 Å². The summed E-state index contributed by atoms with van der Waals surface area (Å²) in [6, 6.07) is 0. The Bertz CT molecular complexity index is 552. The van der Waals surface area contributed by atoms with E-state index < -0.39 is 10.0 Å². The molecule has 6 nitrogen and oxygen atoms in total. The Labute approximate surface area is 123 Å². The fourth-order valence-electron chi connectivity index (χ4n) is 1.77. The molecule has 1 amide bonds. The van der Waals surface area contributed by atoms with Gasteiger partial charge in [0.25, 0.3) is 0 Å². The Morgan fingerprint density at radius 3 is 2.50 bits per heavy atom. The maximum absolute atomic E-state index is 11.7. The van der Waals surface area contributed by atoms with Crippen LogP contribution in [0, 0.1) is 6.92 Å². The molecule has 1 heterocycles. The fourth-order valence-corrected chi connectivity index (χ4v) is 3.65. The maximum atomic E-state index is 11.7. The molecule has 0 fully saturated rings. The van der Waals surface area contributed by atoms with Crippen molar-refractivity contribution in [1.82, 2.24) is 4.98 Å². The minimum absolute atomic E-state index is 0.00394. The summed E-state index contributed by atoms with van der Waals surface area (Å²) < 4.78 is 22.5. The molecule has 0 unspecified atom stereocenters. The van der Waals surface area contributed by atoms with Gasteiger partial charge in [0.2, 0.25) is 15.9 Å². The number of carbonyl (C=O) groups excluding carboxylic acids is 1. The fraction of sp³-hybridized carbons (Fsp3) is 0.667. The number of hydrogen-bond acceptors (Lipinski definition) is 5.